The van der Waals surface area contributed by atoms with Gasteiger partial charge in [-0.15, -0.1) is 0 Å². The van der Waals surface area contributed by atoms with E-state index < -0.39 is 11.8 Å². The molecule has 0 saturated heterocycles. The van der Waals surface area contributed by atoms with Crippen molar-refractivity contribution in [1.82, 2.24) is 0 Å². The van der Waals surface area contributed by atoms with E-state index in [1.807, 2.05) is 44.2 Å². The minimum Gasteiger partial charge on any atom is -0.465 e. The van der Waals surface area contributed by atoms with Crippen LogP contribution in [-0.4, -0.2) is 25.2 Å². The molecule has 0 aromatic heterocycles. The van der Waals surface area contributed by atoms with Crippen molar-refractivity contribution in [2.75, 3.05) is 13.2 Å². The van der Waals surface area contributed by atoms with E-state index in [1.54, 1.807) is 6.08 Å². The van der Waals surface area contributed by atoms with E-state index in [1.165, 1.54) is 0 Å². The Morgan fingerprint density at radius 2 is 1.58 bits per heavy atom. The van der Waals surface area contributed by atoms with Crippen LogP contribution in [0.25, 0.3) is 0 Å². The monoisotopic (exact) mass is 334 g/mol. The van der Waals surface area contributed by atoms with Crippen molar-refractivity contribution < 1.29 is 19.1 Å². The fourth-order valence-corrected chi connectivity index (χ4v) is 2.62. The number of carbonyl (C=O) groups is 2. The van der Waals surface area contributed by atoms with Gasteiger partial charge in [0.15, 0.2) is 0 Å². The van der Waals surface area contributed by atoms with Crippen LogP contribution in [0.4, 0.5) is 0 Å². The summed E-state index contributed by atoms with van der Waals surface area (Å²) in [5.41, 5.74) is 0. The van der Waals surface area contributed by atoms with E-state index in [-0.39, 0.29) is 11.9 Å². The molecule has 0 radical (unpaired) electrons. The second-order valence-electron chi connectivity index (χ2n) is 5.90. The smallest absolute Gasteiger partial charge is 0.313 e. The van der Waals surface area contributed by atoms with Crippen LogP contribution in [0.15, 0.2) is 36.5 Å². The van der Waals surface area contributed by atoms with Crippen molar-refractivity contribution in [1.29, 1.82) is 0 Å². The molecule has 0 aromatic carbocycles. The van der Waals surface area contributed by atoms with Crippen molar-refractivity contribution in [3.63, 3.8) is 0 Å². The first-order valence-electron chi connectivity index (χ1n) is 8.93. The number of ether oxygens (including phenoxy) is 2. The summed E-state index contributed by atoms with van der Waals surface area (Å²) in [7, 11) is 0. The highest BCUT2D eigenvalue weighted by Gasteiger charge is 2.35. The molecule has 1 aliphatic rings. The number of unbranched alkanes of at least 4 members (excludes halogenated alkanes) is 2. The number of hydrogen-bond donors (Lipinski definition) is 0. The van der Waals surface area contributed by atoms with Crippen LogP contribution in [0.5, 0.6) is 0 Å². The molecule has 0 amide bonds. The second-order valence-corrected chi connectivity index (χ2v) is 5.90. The fourth-order valence-electron chi connectivity index (χ4n) is 2.62. The number of hydrogen-bond acceptors (Lipinski definition) is 4. The van der Waals surface area contributed by atoms with Crippen LogP contribution < -0.4 is 0 Å². The third-order valence-electron chi connectivity index (χ3n) is 3.99. The van der Waals surface area contributed by atoms with E-state index >= 15 is 0 Å². The normalized spacial score (nSPS) is 20.6. The number of rotatable bonds is 10. The molecule has 4 heteroatoms. The van der Waals surface area contributed by atoms with Gasteiger partial charge in [0.1, 0.15) is 0 Å². The summed E-state index contributed by atoms with van der Waals surface area (Å²) in [6.07, 6.45) is 16.6. The quantitative estimate of drug-likeness (QED) is 0.338. The third-order valence-corrected chi connectivity index (χ3v) is 3.99. The van der Waals surface area contributed by atoms with Gasteiger partial charge in [-0.05, 0) is 52.4 Å². The molecular formula is C20H30O4. The highest BCUT2D eigenvalue weighted by atomic mass is 16.5. The SMILES string of the molecule is C/C=C/CCCOC(=O)C1C=CCCC1C(=O)OCCC/C=C/C. The highest BCUT2D eigenvalue weighted by Crippen LogP contribution is 2.27. The first-order chi connectivity index (χ1) is 11.7. The molecule has 1 rings (SSSR count). The van der Waals surface area contributed by atoms with Gasteiger partial charge >= 0.3 is 11.9 Å². The molecule has 0 heterocycles. The zero-order chi connectivity index (χ0) is 17.6. The lowest BCUT2D eigenvalue weighted by Crippen LogP contribution is -2.33. The Balaban J connectivity index is 2.42. The summed E-state index contributed by atoms with van der Waals surface area (Å²) in [4.78, 5) is 24.5. The summed E-state index contributed by atoms with van der Waals surface area (Å²) in [5.74, 6) is -1.53. The third kappa shape index (κ3) is 7.62. The molecule has 24 heavy (non-hydrogen) atoms. The van der Waals surface area contributed by atoms with Gasteiger partial charge in [-0.25, -0.2) is 0 Å². The highest BCUT2D eigenvalue weighted by molar-refractivity contribution is 5.83. The molecule has 1 aliphatic carbocycles. The summed E-state index contributed by atoms with van der Waals surface area (Å²) in [5, 5.41) is 0. The van der Waals surface area contributed by atoms with E-state index in [0.29, 0.717) is 19.6 Å². The first kappa shape index (κ1) is 20.2. The van der Waals surface area contributed by atoms with E-state index in [9.17, 15) is 9.59 Å². The average Bonchev–Trinajstić information content (AvgIpc) is 2.61. The van der Waals surface area contributed by atoms with E-state index in [0.717, 1.165) is 32.1 Å². The maximum absolute atomic E-state index is 12.3. The Morgan fingerprint density at radius 3 is 2.17 bits per heavy atom. The largest absolute Gasteiger partial charge is 0.465 e. The minimum absolute atomic E-state index is 0.282. The van der Waals surface area contributed by atoms with Crippen molar-refractivity contribution >= 4 is 11.9 Å². The number of allylic oxidation sites excluding steroid dienone is 5. The van der Waals surface area contributed by atoms with Gasteiger partial charge in [0, 0.05) is 0 Å². The fraction of sp³-hybridized carbons (Fsp3) is 0.600. The maximum atomic E-state index is 12.3. The molecule has 2 unspecified atom stereocenters. The van der Waals surface area contributed by atoms with Crippen molar-refractivity contribution in [2.24, 2.45) is 11.8 Å². The van der Waals surface area contributed by atoms with Gasteiger partial charge in [-0.1, -0.05) is 36.5 Å². The van der Waals surface area contributed by atoms with Crippen LogP contribution in [0.3, 0.4) is 0 Å². The lowest BCUT2D eigenvalue weighted by atomic mass is 9.84. The van der Waals surface area contributed by atoms with Crippen LogP contribution >= 0.6 is 0 Å². The van der Waals surface area contributed by atoms with Crippen molar-refractivity contribution in [2.45, 2.75) is 52.4 Å². The predicted octanol–water partition coefficient (Wildman–Crippen LogP) is 4.37. The molecule has 0 N–H and O–H groups in total. The molecule has 0 fully saturated rings. The Kier molecular flexibility index (Phi) is 10.6. The molecular weight excluding hydrogens is 304 g/mol. The minimum atomic E-state index is -0.511. The zero-order valence-electron chi connectivity index (χ0n) is 14.9. The van der Waals surface area contributed by atoms with Gasteiger partial charge in [0.2, 0.25) is 0 Å². The zero-order valence-corrected chi connectivity index (χ0v) is 14.9. The topological polar surface area (TPSA) is 52.6 Å². The van der Waals surface area contributed by atoms with E-state index in [2.05, 4.69) is 0 Å². The standard InChI is InChI=1S/C20H30O4/c1-3-5-7-11-15-23-19(21)17-13-9-10-14-18(17)20(22)24-16-12-8-6-4-2/h3-6,9,13,17-18H,7-8,10-12,14-16H2,1-2H3/b5-3+,6-4+. The van der Waals surface area contributed by atoms with Gasteiger partial charge < -0.3 is 9.47 Å². The van der Waals surface area contributed by atoms with Gasteiger partial charge in [0.05, 0.1) is 25.0 Å². The predicted molar refractivity (Wildman–Crippen MR) is 95.4 cm³/mol. The summed E-state index contributed by atoms with van der Waals surface area (Å²) >= 11 is 0. The average molecular weight is 334 g/mol. The van der Waals surface area contributed by atoms with Gasteiger partial charge in [0.25, 0.3) is 0 Å². The van der Waals surface area contributed by atoms with Crippen molar-refractivity contribution in [3.8, 4) is 0 Å². The first-order valence-corrected chi connectivity index (χ1v) is 8.93. The Labute approximate surface area is 145 Å². The molecule has 0 bridgehead atoms. The summed E-state index contributed by atoms with van der Waals surface area (Å²) in [6, 6.07) is 0. The Morgan fingerprint density at radius 1 is 1.00 bits per heavy atom. The number of esters is 2. The summed E-state index contributed by atoms with van der Waals surface area (Å²) in [6.45, 7) is 4.72. The van der Waals surface area contributed by atoms with Crippen LogP contribution in [-0.2, 0) is 19.1 Å². The van der Waals surface area contributed by atoms with Gasteiger partial charge in [-0.3, -0.25) is 9.59 Å². The van der Waals surface area contributed by atoms with Gasteiger partial charge in [-0.2, -0.15) is 0 Å². The Hall–Kier alpha value is -1.84. The molecule has 0 spiro atoms. The van der Waals surface area contributed by atoms with Crippen LogP contribution in [0.2, 0.25) is 0 Å². The van der Waals surface area contributed by atoms with E-state index in [4.69, 9.17) is 9.47 Å². The molecule has 0 saturated carbocycles. The van der Waals surface area contributed by atoms with Crippen LogP contribution in [0.1, 0.15) is 52.4 Å². The lowest BCUT2D eigenvalue weighted by molar-refractivity contribution is -0.159. The molecule has 2 atom stereocenters. The Bertz CT molecular complexity index is 462. The molecule has 0 aromatic rings. The molecule has 4 nitrogen and oxygen atoms in total. The summed E-state index contributed by atoms with van der Waals surface area (Å²) < 4.78 is 10.7. The maximum Gasteiger partial charge on any atom is 0.313 e. The molecule has 0 aliphatic heterocycles. The second kappa shape index (κ2) is 12.6. The molecule has 134 valence electrons. The van der Waals surface area contributed by atoms with Crippen LogP contribution in [0, 0.1) is 11.8 Å². The lowest BCUT2D eigenvalue weighted by Gasteiger charge is -2.24. The number of carbonyl (C=O) groups excluding carboxylic acids is 2. The van der Waals surface area contributed by atoms with Crippen molar-refractivity contribution in [3.05, 3.63) is 36.5 Å².